The van der Waals surface area contributed by atoms with Crippen molar-refractivity contribution >= 4 is 23.4 Å². The second kappa shape index (κ2) is 5.33. The summed E-state index contributed by atoms with van der Waals surface area (Å²) in [5, 5.41) is 4.42. The smallest absolute Gasteiger partial charge is 0.242 e. The molecule has 0 saturated carbocycles. The number of carbonyl (C=O) groups excluding carboxylic acids is 1. The van der Waals surface area contributed by atoms with Crippen molar-refractivity contribution < 1.29 is 26.7 Å². The first kappa shape index (κ1) is 14.1. The number of benzene rings is 1. The highest BCUT2D eigenvalue weighted by Gasteiger charge is 2.29. The third-order valence-corrected chi connectivity index (χ3v) is 3.43. The van der Waals surface area contributed by atoms with E-state index in [-0.39, 0.29) is 0 Å². The van der Waals surface area contributed by atoms with Crippen molar-refractivity contribution in [3.63, 3.8) is 0 Å². The third-order valence-electron chi connectivity index (χ3n) is 2.49. The van der Waals surface area contributed by atoms with Crippen LogP contribution in [0.5, 0.6) is 0 Å². The predicted octanol–water partition coefficient (Wildman–Crippen LogP) is 1.98. The second-order valence-electron chi connectivity index (χ2n) is 3.71. The molecule has 1 aliphatic heterocycles. The number of halogens is 5. The maximum Gasteiger partial charge on any atom is 0.242 e. The van der Waals surface area contributed by atoms with Gasteiger partial charge in [0, 0.05) is 11.6 Å². The highest BCUT2D eigenvalue weighted by molar-refractivity contribution is 7.99. The van der Waals surface area contributed by atoms with Crippen molar-refractivity contribution in [3.8, 4) is 0 Å². The molecule has 0 radical (unpaired) electrons. The number of carbonyl (C=O) groups is 1. The summed E-state index contributed by atoms with van der Waals surface area (Å²) in [5.41, 5.74) is -1.33. The van der Waals surface area contributed by atoms with Gasteiger partial charge in [-0.2, -0.15) is 0 Å². The van der Waals surface area contributed by atoms with Gasteiger partial charge in [0.2, 0.25) is 11.7 Å². The maximum atomic E-state index is 13.3. The van der Waals surface area contributed by atoms with Crippen LogP contribution in [-0.2, 0) is 4.79 Å². The molecule has 2 rings (SSSR count). The molecular formula is C10H7F5N2OS. The fraction of sp³-hybridized carbons (Fsp3) is 0.300. The van der Waals surface area contributed by atoms with Crippen molar-refractivity contribution in [3.05, 3.63) is 29.1 Å². The first-order valence-electron chi connectivity index (χ1n) is 5.07. The fourth-order valence-corrected chi connectivity index (χ4v) is 2.43. The Labute approximate surface area is 108 Å². The number of hydrogen-bond donors (Lipinski definition) is 2. The molecule has 0 spiro atoms. The molecule has 3 nitrogen and oxygen atoms in total. The average Bonchev–Trinajstić information content (AvgIpc) is 2.93. The largest absolute Gasteiger partial charge is 0.320 e. The molecule has 1 heterocycles. The number of anilines is 1. The zero-order chi connectivity index (χ0) is 14.2. The summed E-state index contributed by atoms with van der Waals surface area (Å²) in [7, 11) is 0. The third kappa shape index (κ3) is 2.52. The van der Waals surface area contributed by atoms with Crippen LogP contribution in [0.15, 0.2) is 0 Å². The normalized spacial score (nSPS) is 18.7. The molecule has 0 aliphatic carbocycles. The van der Waals surface area contributed by atoms with Gasteiger partial charge in [0.1, 0.15) is 5.69 Å². The van der Waals surface area contributed by atoms with Crippen LogP contribution in [0.1, 0.15) is 0 Å². The van der Waals surface area contributed by atoms with Crippen molar-refractivity contribution in [2.75, 3.05) is 16.9 Å². The lowest BCUT2D eigenvalue weighted by molar-refractivity contribution is -0.117. The Kier molecular flexibility index (Phi) is 3.95. The van der Waals surface area contributed by atoms with Crippen molar-refractivity contribution in [1.29, 1.82) is 0 Å². The molecule has 0 bridgehead atoms. The van der Waals surface area contributed by atoms with Crippen molar-refractivity contribution in [2.45, 2.75) is 6.04 Å². The zero-order valence-electron chi connectivity index (χ0n) is 9.20. The summed E-state index contributed by atoms with van der Waals surface area (Å²) >= 11 is 1.37. The minimum absolute atomic E-state index is 0.348. The first-order valence-corrected chi connectivity index (χ1v) is 6.22. The van der Waals surface area contributed by atoms with E-state index in [0.29, 0.717) is 11.6 Å². The van der Waals surface area contributed by atoms with Crippen LogP contribution in [0, 0.1) is 29.1 Å². The SMILES string of the molecule is O=C(Nc1c(F)c(F)c(F)c(F)c1F)C1CSCN1. The van der Waals surface area contributed by atoms with Gasteiger partial charge in [-0.25, -0.2) is 22.0 Å². The Balaban J connectivity index is 2.32. The summed E-state index contributed by atoms with van der Waals surface area (Å²) in [6.07, 6.45) is 0. The van der Waals surface area contributed by atoms with Crippen molar-refractivity contribution in [1.82, 2.24) is 5.32 Å². The van der Waals surface area contributed by atoms with E-state index in [1.54, 1.807) is 5.32 Å². The number of thioether (sulfide) groups is 1. The molecule has 9 heteroatoms. The zero-order valence-corrected chi connectivity index (χ0v) is 10.0. The molecule has 19 heavy (non-hydrogen) atoms. The van der Waals surface area contributed by atoms with Gasteiger partial charge in [-0.15, -0.1) is 11.8 Å². The van der Waals surface area contributed by atoms with Crippen LogP contribution in [0.2, 0.25) is 0 Å². The predicted molar refractivity (Wildman–Crippen MR) is 59.1 cm³/mol. The molecule has 1 aliphatic rings. The Morgan fingerprint density at radius 3 is 2.05 bits per heavy atom. The topological polar surface area (TPSA) is 41.1 Å². The lowest BCUT2D eigenvalue weighted by Gasteiger charge is -2.12. The Hall–Kier alpha value is -1.35. The van der Waals surface area contributed by atoms with E-state index >= 15 is 0 Å². The number of nitrogens with one attached hydrogen (secondary N) is 2. The summed E-state index contributed by atoms with van der Waals surface area (Å²) in [6.45, 7) is 0. The van der Waals surface area contributed by atoms with E-state index < -0.39 is 46.7 Å². The van der Waals surface area contributed by atoms with Gasteiger partial charge in [-0.05, 0) is 0 Å². The number of amides is 1. The van der Waals surface area contributed by atoms with Gasteiger partial charge in [0.25, 0.3) is 0 Å². The Morgan fingerprint density at radius 2 is 1.58 bits per heavy atom. The van der Waals surface area contributed by atoms with Crippen LogP contribution < -0.4 is 10.6 Å². The molecule has 1 aromatic rings. The minimum Gasteiger partial charge on any atom is -0.320 e. The van der Waals surface area contributed by atoms with Crippen molar-refractivity contribution in [2.24, 2.45) is 0 Å². The summed E-state index contributed by atoms with van der Waals surface area (Å²) in [5.74, 6) is -10.6. The molecule has 1 aromatic carbocycles. The first-order chi connectivity index (χ1) is 8.93. The monoisotopic (exact) mass is 298 g/mol. The van der Waals surface area contributed by atoms with Crippen LogP contribution >= 0.6 is 11.8 Å². The van der Waals surface area contributed by atoms with Crippen LogP contribution in [0.4, 0.5) is 27.6 Å². The molecular weight excluding hydrogens is 291 g/mol. The number of rotatable bonds is 2. The van der Waals surface area contributed by atoms with Gasteiger partial charge in [0.15, 0.2) is 23.3 Å². The van der Waals surface area contributed by atoms with E-state index in [2.05, 4.69) is 5.32 Å². The van der Waals surface area contributed by atoms with Gasteiger partial charge in [0.05, 0.1) is 6.04 Å². The van der Waals surface area contributed by atoms with Gasteiger partial charge in [-0.3, -0.25) is 10.1 Å². The van der Waals surface area contributed by atoms with E-state index in [4.69, 9.17) is 0 Å². The Morgan fingerprint density at radius 1 is 1.05 bits per heavy atom. The molecule has 1 unspecified atom stereocenters. The second-order valence-corrected chi connectivity index (χ2v) is 4.74. The lowest BCUT2D eigenvalue weighted by Crippen LogP contribution is -2.38. The fourth-order valence-electron chi connectivity index (χ4n) is 1.49. The highest BCUT2D eigenvalue weighted by Crippen LogP contribution is 2.27. The molecule has 104 valence electrons. The minimum atomic E-state index is -2.26. The summed E-state index contributed by atoms with van der Waals surface area (Å²) in [4.78, 5) is 11.6. The Bertz CT molecular complexity index is 504. The average molecular weight is 298 g/mol. The van der Waals surface area contributed by atoms with Crippen LogP contribution in [0.3, 0.4) is 0 Å². The molecule has 2 N–H and O–H groups in total. The quantitative estimate of drug-likeness (QED) is 0.498. The van der Waals surface area contributed by atoms with Crippen LogP contribution in [-0.4, -0.2) is 23.6 Å². The molecule has 1 atom stereocenters. The van der Waals surface area contributed by atoms with E-state index in [1.165, 1.54) is 11.8 Å². The van der Waals surface area contributed by atoms with Gasteiger partial charge in [-0.1, -0.05) is 0 Å². The number of hydrogen-bond acceptors (Lipinski definition) is 3. The van der Waals surface area contributed by atoms with Gasteiger partial charge >= 0.3 is 0 Å². The lowest BCUT2D eigenvalue weighted by atomic mass is 10.2. The van der Waals surface area contributed by atoms with Crippen LogP contribution in [0.25, 0.3) is 0 Å². The van der Waals surface area contributed by atoms with E-state index in [9.17, 15) is 26.7 Å². The summed E-state index contributed by atoms with van der Waals surface area (Å²) < 4.78 is 65.2. The molecule has 0 aromatic heterocycles. The standard InChI is InChI=1S/C10H7F5N2OS/c11-4-5(12)7(14)9(8(15)6(4)13)17-10(18)3-1-19-2-16-3/h3,16H,1-2H2,(H,17,18). The molecule has 1 saturated heterocycles. The van der Waals surface area contributed by atoms with E-state index in [0.717, 1.165) is 0 Å². The summed E-state index contributed by atoms with van der Waals surface area (Å²) in [6, 6.07) is -0.736. The van der Waals surface area contributed by atoms with E-state index in [1.807, 2.05) is 0 Å². The van der Waals surface area contributed by atoms with Gasteiger partial charge < -0.3 is 5.32 Å². The highest BCUT2D eigenvalue weighted by atomic mass is 32.2. The molecule has 1 fully saturated rings. The molecule has 1 amide bonds. The maximum absolute atomic E-state index is 13.3.